The Hall–Kier alpha value is -1.16. The van der Waals surface area contributed by atoms with Gasteiger partial charge in [-0.2, -0.15) is 0 Å². The van der Waals surface area contributed by atoms with Gasteiger partial charge in [0.25, 0.3) is 0 Å². The molecular formula is C15H13Cl2F2N. The van der Waals surface area contributed by atoms with Crippen LogP contribution in [0.15, 0.2) is 36.4 Å². The quantitative estimate of drug-likeness (QED) is 0.856. The van der Waals surface area contributed by atoms with Gasteiger partial charge in [-0.05, 0) is 43.3 Å². The molecule has 0 fully saturated rings. The predicted octanol–water partition coefficient (Wildman–Crippen LogP) is 4.77. The van der Waals surface area contributed by atoms with Crippen molar-refractivity contribution in [3.63, 3.8) is 0 Å². The lowest BCUT2D eigenvalue weighted by molar-refractivity contribution is 0.520. The Morgan fingerprint density at radius 3 is 2.60 bits per heavy atom. The summed E-state index contributed by atoms with van der Waals surface area (Å²) in [4.78, 5) is 0. The summed E-state index contributed by atoms with van der Waals surface area (Å²) >= 11 is 11.6. The molecule has 5 heteroatoms. The van der Waals surface area contributed by atoms with Crippen molar-refractivity contribution in [3.8, 4) is 0 Å². The molecule has 0 spiro atoms. The molecule has 0 saturated carbocycles. The number of rotatable bonds is 4. The Kier molecular flexibility index (Phi) is 4.97. The van der Waals surface area contributed by atoms with Crippen LogP contribution in [-0.2, 0) is 6.42 Å². The Morgan fingerprint density at radius 2 is 1.90 bits per heavy atom. The number of halogens is 4. The second-order valence-electron chi connectivity index (χ2n) is 4.42. The van der Waals surface area contributed by atoms with Crippen molar-refractivity contribution < 1.29 is 8.78 Å². The monoisotopic (exact) mass is 315 g/mol. The first-order valence-corrected chi connectivity index (χ1v) is 6.83. The molecule has 0 aromatic heterocycles. The molecular weight excluding hydrogens is 303 g/mol. The molecule has 20 heavy (non-hydrogen) atoms. The molecule has 106 valence electrons. The van der Waals surface area contributed by atoms with Crippen molar-refractivity contribution in [2.45, 2.75) is 12.5 Å². The average molecular weight is 316 g/mol. The maximum absolute atomic E-state index is 13.9. The third-order valence-corrected chi connectivity index (χ3v) is 3.66. The molecule has 0 heterocycles. The standard InChI is InChI=1S/C15H13Cl2F2N/c1-20-14(11-8-10(16)5-6-13(11)18)7-9-3-2-4-12(17)15(9)19/h2-6,8,14,20H,7H2,1H3. The van der Waals surface area contributed by atoms with E-state index in [1.165, 1.54) is 18.2 Å². The van der Waals surface area contributed by atoms with Gasteiger partial charge in [0, 0.05) is 16.6 Å². The van der Waals surface area contributed by atoms with E-state index in [0.29, 0.717) is 16.1 Å². The van der Waals surface area contributed by atoms with Crippen LogP contribution in [0.4, 0.5) is 8.78 Å². The molecule has 2 aromatic rings. The lowest BCUT2D eigenvalue weighted by Gasteiger charge is -2.18. The van der Waals surface area contributed by atoms with Gasteiger partial charge in [0.05, 0.1) is 5.02 Å². The van der Waals surface area contributed by atoms with E-state index in [-0.39, 0.29) is 23.3 Å². The second-order valence-corrected chi connectivity index (χ2v) is 5.27. The van der Waals surface area contributed by atoms with E-state index in [4.69, 9.17) is 23.2 Å². The summed E-state index contributed by atoms with van der Waals surface area (Å²) in [7, 11) is 1.69. The van der Waals surface area contributed by atoms with Gasteiger partial charge in [-0.15, -0.1) is 0 Å². The Labute approximate surface area is 126 Å². The summed E-state index contributed by atoms with van der Waals surface area (Å²) in [6, 6.07) is 8.72. The molecule has 0 aliphatic carbocycles. The minimum atomic E-state index is -0.475. The summed E-state index contributed by atoms with van der Waals surface area (Å²) in [6.07, 6.45) is 0.278. The molecule has 0 saturated heterocycles. The van der Waals surface area contributed by atoms with E-state index >= 15 is 0 Å². The van der Waals surface area contributed by atoms with E-state index in [0.717, 1.165) is 0 Å². The van der Waals surface area contributed by atoms with E-state index < -0.39 is 5.82 Å². The summed E-state index contributed by atoms with van der Waals surface area (Å²) in [5.74, 6) is -0.854. The molecule has 0 radical (unpaired) electrons. The highest BCUT2D eigenvalue weighted by Gasteiger charge is 2.17. The van der Waals surface area contributed by atoms with Gasteiger partial charge in [0.2, 0.25) is 0 Å². The molecule has 0 bridgehead atoms. The fraction of sp³-hybridized carbons (Fsp3) is 0.200. The number of hydrogen-bond acceptors (Lipinski definition) is 1. The topological polar surface area (TPSA) is 12.0 Å². The number of nitrogens with one attached hydrogen (secondary N) is 1. The van der Waals surface area contributed by atoms with Gasteiger partial charge in [-0.1, -0.05) is 35.3 Å². The summed E-state index contributed by atoms with van der Waals surface area (Å²) < 4.78 is 27.8. The van der Waals surface area contributed by atoms with Crippen molar-refractivity contribution in [1.82, 2.24) is 5.32 Å². The van der Waals surface area contributed by atoms with Crippen molar-refractivity contribution in [2.24, 2.45) is 0 Å². The van der Waals surface area contributed by atoms with Crippen LogP contribution < -0.4 is 5.32 Å². The fourth-order valence-corrected chi connectivity index (χ4v) is 2.45. The Morgan fingerprint density at radius 1 is 1.15 bits per heavy atom. The van der Waals surface area contributed by atoms with E-state index in [2.05, 4.69) is 5.32 Å². The molecule has 0 aliphatic heterocycles. The van der Waals surface area contributed by atoms with E-state index in [1.807, 2.05) is 0 Å². The zero-order valence-electron chi connectivity index (χ0n) is 10.8. The first kappa shape index (κ1) is 15.2. The minimum absolute atomic E-state index is 0.0592. The minimum Gasteiger partial charge on any atom is -0.313 e. The highest BCUT2D eigenvalue weighted by atomic mass is 35.5. The van der Waals surface area contributed by atoms with E-state index in [1.54, 1.807) is 25.2 Å². The van der Waals surface area contributed by atoms with Gasteiger partial charge in [-0.25, -0.2) is 8.78 Å². The van der Waals surface area contributed by atoms with E-state index in [9.17, 15) is 8.78 Å². The van der Waals surface area contributed by atoms with Crippen LogP contribution in [0, 0.1) is 11.6 Å². The SMILES string of the molecule is CNC(Cc1cccc(Cl)c1F)c1cc(Cl)ccc1F. The average Bonchev–Trinajstić information content (AvgIpc) is 2.43. The third-order valence-electron chi connectivity index (χ3n) is 3.14. The normalized spacial score (nSPS) is 12.4. The lowest BCUT2D eigenvalue weighted by Crippen LogP contribution is -2.20. The third kappa shape index (κ3) is 3.29. The number of likely N-dealkylation sites (N-methyl/N-ethyl adjacent to an activating group) is 1. The molecule has 0 aliphatic rings. The van der Waals surface area contributed by atoms with Crippen LogP contribution in [-0.4, -0.2) is 7.05 Å². The molecule has 2 aromatic carbocycles. The Bertz CT molecular complexity index is 617. The predicted molar refractivity (Wildman–Crippen MR) is 78.3 cm³/mol. The second kappa shape index (κ2) is 6.53. The Balaban J connectivity index is 2.34. The largest absolute Gasteiger partial charge is 0.313 e. The van der Waals surface area contributed by atoms with Gasteiger partial charge in [-0.3, -0.25) is 0 Å². The lowest BCUT2D eigenvalue weighted by atomic mass is 9.98. The van der Waals surface area contributed by atoms with Crippen molar-refractivity contribution in [3.05, 3.63) is 69.2 Å². The maximum Gasteiger partial charge on any atom is 0.145 e. The summed E-state index contributed by atoms with van der Waals surface area (Å²) in [6.45, 7) is 0. The van der Waals surface area contributed by atoms with Crippen molar-refractivity contribution in [2.75, 3.05) is 7.05 Å². The first-order valence-electron chi connectivity index (χ1n) is 6.08. The van der Waals surface area contributed by atoms with Crippen LogP contribution in [0.5, 0.6) is 0 Å². The zero-order chi connectivity index (χ0) is 14.7. The number of benzene rings is 2. The van der Waals surface area contributed by atoms with Crippen molar-refractivity contribution in [1.29, 1.82) is 0 Å². The number of hydrogen-bond donors (Lipinski definition) is 1. The molecule has 1 nitrogen and oxygen atoms in total. The summed E-state index contributed by atoms with van der Waals surface area (Å²) in [5, 5.41) is 3.47. The maximum atomic E-state index is 13.9. The molecule has 1 unspecified atom stereocenters. The molecule has 1 N–H and O–H groups in total. The summed E-state index contributed by atoms with van der Waals surface area (Å²) in [5.41, 5.74) is 0.829. The van der Waals surface area contributed by atoms with Gasteiger partial charge in [0.1, 0.15) is 11.6 Å². The van der Waals surface area contributed by atoms with Gasteiger partial charge < -0.3 is 5.32 Å². The zero-order valence-corrected chi connectivity index (χ0v) is 12.3. The van der Waals surface area contributed by atoms with Crippen LogP contribution in [0.25, 0.3) is 0 Å². The van der Waals surface area contributed by atoms with Gasteiger partial charge in [0.15, 0.2) is 0 Å². The smallest absolute Gasteiger partial charge is 0.145 e. The molecule has 0 amide bonds. The van der Waals surface area contributed by atoms with Crippen molar-refractivity contribution >= 4 is 23.2 Å². The first-order chi connectivity index (χ1) is 9.52. The van der Waals surface area contributed by atoms with Crippen LogP contribution in [0.2, 0.25) is 10.0 Å². The highest BCUT2D eigenvalue weighted by molar-refractivity contribution is 6.31. The van der Waals surface area contributed by atoms with Gasteiger partial charge >= 0.3 is 0 Å². The fourth-order valence-electron chi connectivity index (χ4n) is 2.08. The molecule has 1 atom stereocenters. The highest BCUT2D eigenvalue weighted by Crippen LogP contribution is 2.27. The van der Waals surface area contributed by atoms with Crippen LogP contribution in [0.1, 0.15) is 17.2 Å². The van der Waals surface area contributed by atoms with Crippen LogP contribution in [0.3, 0.4) is 0 Å². The molecule has 2 rings (SSSR count). The van der Waals surface area contributed by atoms with Crippen LogP contribution >= 0.6 is 23.2 Å².